The fraction of sp³-hybridized carbons (Fsp3) is 1.00. The van der Waals surface area contributed by atoms with E-state index in [1.165, 1.54) is 0 Å². The molecule has 0 amide bonds. The fourth-order valence-electron chi connectivity index (χ4n) is 1.78. The van der Waals surface area contributed by atoms with Crippen LogP contribution in [-0.4, -0.2) is 30.9 Å². The van der Waals surface area contributed by atoms with Gasteiger partial charge < -0.3 is 19.6 Å². The van der Waals surface area contributed by atoms with Crippen LogP contribution in [0.4, 0.5) is 0 Å². The van der Waals surface area contributed by atoms with E-state index in [0.717, 1.165) is 0 Å². The van der Waals surface area contributed by atoms with Gasteiger partial charge in [0.05, 0.1) is 5.16 Å². The molecule has 0 saturated carbocycles. The monoisotopic (exact) mass is 274 g/mol. The second kappa shape index (κ2) is 5.76. The highest BCUT2D eigenvalue weighted by molar-refractivity contribution is 7.53. The smallest absolute Gasteiger partial charge is 0.324 e. The molecular weight excluding hydrogens is 254 g/mol. The van der Waals surface area contributed by atoms with E-state index in [9.17, 15) is 18.9 Å². The highest BCUT2D eigenvalue weighted by Crippen LogP contribution is 2.57. The minimum atomic E-state index is -4.24. The molecule has 0 atom stereocenters. The third-order valence-electron chi connectivity index (χ3n) is 3.03. The summed E-state index contributed by atoms with van der Waals surface area (Å²) in [6.07, 6.45) is 0.533. The summed E-state index contributed by atoms with van der Waals surface area (Å²) >= 11 is 0. The lowest BCUT2D eigenvalue weighted by Crippen LogP contribution is -2.27. The molecule has 0 spiro atoms. The molecule has 0 aromatic heterocycles. The van der Waals surface area contributed by atoms with Gasteiger partial charge in [-0.15, -0.1) is 0 Å². The van der Waals surface area contributed by atoms with E-state index in [0.29, 0.717) is 12.8 Å². The van der Waals surface area contributed by atoms with Crippen molar-refractivity contribution in [3.63, 3.8) is 0 Å². The van der Waals surface area contributed by atoms with Gasteiger partial charge in [0.25, 0.3) is 0 Å². The number of hydrogen-bond acceptors (Lipinski definition) is 2. The van der Waals surface area contributed by atoms with Crippen LogP contribution in [0.1, 0.15) is 39.5 Å². The van der Waals surface area contributed by atoms with E-state index >= 15 is 0 Å². The maximum absolute atomic E-state index is 11.4. The third-order valence-corrected chi connectivity index (χ3v) is 6.02. The zero-order chi connectivity index (χ0) is 13.0. The molecule has 0 radical (unpaired) electrons. The summed E-state index contributed by atoms with van der Waals surface area (Å²) in [6.45, 7) is 3.36. The van der Waals surface area contributed by atoms with Crippen LogP contribution in [-0.2, 0) is 9.13 Å². The molecule has 4 N–H and O–H groups in total. The SMILES string of the molecule is CCC(CC)(CCCP(=O)(O)O)P(=O)(O)O. The van der Waals surface area contributed by atoms with Gasteiger partial charge in [-0.3, -0.25) is 9.13 Å². The third kappa shape index (κ3) is 4.66. The van der Waals surface area contributed by atoms with Gasteiger partial charge in [0.15, 0.2) is 0 Å². The first-order chi connectivity index (χ1) is 7.08. The maximum atomic E-state index is 11.4. The predicted octanol–water partition coefficient (Wildman–Crippen LogP) is 1.68. The van der Waals surface area contributed by atoms with E-state index in [1.807, 2.05) is 0 Å². The molecule has 0 rings (SSSR count). The Hall–Kier alpha value is 0.300. The average Bonchev–Trinajstić information content (AvgIpc) is 2.09. The molecule has 0 aliphatic heterocycles. The van der Waals surface area contributed by atoms with E-state index in [4.69, 9.17) is 9.79 Å². The lowest BCUT2D eigenvalue weighted by Gasteiger charge is -2.32. The minimum absolute atomic E-state index is 0.122. The van der Waals surface area contributed by atoms with Crippen LogP contribution in [0.2, 0.25) is 0 Å². The van der Waals surface area contributed by atoms with Crippen molar-refractivity contribution in [3.05, 3.63) is 0 Å². The molecule has 0 heterocycles. The van der Waals surface area contributed by atoms with Gasteiger partial charge >= 0.3 is 15.2 Å². The Labute approximate surface area is 95.4 Å². The molecule has 0 fully saturated rings. The lowest BCUT2D eigenvalue weighted by molar-refractivity contribution is 0.301. The Bertz CT molecular complexity index is 300. The van der Waals surface area contributed by atoms with E-state index < -0.39 is 20.3 Å². The quantitative estimate of drug-likeness (QED) is 0.525. The Kier molecular flexibility index (Phi) is 5.87. The molecule has 98 valence electrons. The van der Waals surface area contributed by atoms with E-state index in [2.05, 4.69) is 0 Å². The molecule has 0 aromatic carbocycles. The average molecular weight is 274 g/mol. The van der Waals surface area contributed by atoms with Crippen LogP contribution in [0.15, 0.2) is 0 Å². The second-order valence-electron chi connectivity index (χ2n) is 3.97. The topological polar surface area (TPSA) is 115 Å². The van der Waals surface area contributed by atoms with Crippen molar-refractivity contribution < 1.29 is 28.7 Å². The van der Waals surface area contributed by atoms with Crippen LogP contribution in [0, 0.1) is 0 Å². The van der Waals surface area contributed by atoms with Gasteiger partial charge in [-0.2, -0.15) is 0 Å². The first kappa shape index (κ1) is 16.3. The summed E-state index contributed by atoms with van der Waals surface area (Å²) in [6, 6.07) is 0. The molecule has 6 nitrogen and oxygen atoms in total. The van der Waals surface area contributed by atoms with Crippen molar-refractivity contribution in [2.24, 2.45) is 0 Å². The van der Waals surface area contributed by atoms with Gasteiger partial charge in [-0.1, -0.05) is 13.8 Å². The Balaban J connectivity index is 4.60. The summed E-state index contributed by atoms with van der Waals surface area (Å²) in [5.74, 6) is 0. The van der Waals surface area contributed by atoms with Gasteiger partial charge in [0.1, 0.15) is 0 Å². The fourth-order valence-corrected chi connectivity index (χ4v) is 3.62. The molecule has 0 bridgehead atoms. The van der Waals surface area contributed by atoms with Crippen LogP contribution < -0.4 is 0 Å². The van der Waals surface area contributed by atoms with E-state index in [-0.39, 0.29) is 19.0 Å². The van der Waals surface area contributed by atoms with Crippen LogP contribution in [0.3, 0.4) is 0 Å². The van der Waals surface area contributed by atoms with Crippen molar-refractivity contribution in [1.82, 2.24) is 0 Å². The predicted molar refractivity (Wildman–Crippen MR) is 61.5 cm³/mol. The lowest BCUT2D eigenvalue weighted by atomic mass is 9.97. The zero-order valence-corrected chi connectivity index (χ0v) is 11.3. The molecular formula is C8H20O6P2. The summed E-state index contributed by atoms with van der Waals surface area (Å²) in [7, 11) is -8.32. The Morgan fingerprint density at radius 2 is 1.44 bits per heavy atom. The van der Waals surface area contributed by atoms with Crippen LogP contribution >= 0.6 is 15.2 Å². The summed E-state index contributed by atoms with van der Waals surface area (Å²) in [5.41, 5.74) is 0. The van der Waals surface area contributed by atoms with Gasteiger partial charge in [0.2, 0.25) is 0 Å². The van der Waals surface area contributed by atoms with Crippen molar-refractivity contribution >= 4 is 15.2 Å². The highest BCUT2D eigenvalue weighted by atomic mass is 31.2. The number of rotatable bonds is 7. The molecule has 0 saturated heterocycles. The molecule has 0 unspecified atom stereocenters. The second-order valence-corrected chi connectivity index (χ2v) is 7.78. The molecule has 16 heavy (non-hydrogen) atoms. The highest BCUT2D eigenvalue weighted by Gasteiger charge is 2.43. The first-order valence-electron chi connectivity index (χ1n) is 5.18. The van der Waals surface area contributed by atoms with Crippen molar-refractivity contribution in [2.45, 2.75) is 44.7 Å². The Morgan fingerprint density at radius 3 is 1.69 bits per heavy atom. The van der Waals surface area contributed by atoms with Crippen LogP contribution in [0.25, 0.3) is 0 Å². The van der Waals surface area contributed by atoms with Gasteiger partial charge in [-0.25, -0.2) is 0 Å². The summed E-state index contributed by atoms with van der Waals surface area (Å²) in [5, 5.41) is -1.14. The molecule has 0 aliphatic carbocycles. The van der Waals surface area contributed by atoms with Crippen molar-refractivity contribution in [3.8, 4) is 0 Å². The number of hydrogen-bond donors (Lipinski definition) is 4. The molecule has 8 heteroatoms. The largest absolute Gasteiger partial charge is 0.331 e. The first-order valence-corrected chi connectivity index (χ1v) is 8.59. The minimum Gasteiger partial charge on any atom is -0.324 e. The molecule has 0 aromatic rings. The zero-order valence-electron chi connectivity index (χ0n) is 9.54. The van der Waals surface area contributed by atoms with Crippen LogP contribution in [0.5, 0.6) is 0 Å². The standard InChI is InChI=1S/C8H20O6P2/c1-3-8(4-2,16(12,13)14)6-5-7-15(9,10)11/h3-7H2,1-2H3,(H2,9,10,11)(H2,12,13,14). The maximum Gasteiger partial charge on any atom is 0.331 e. The van der Waals surface area contributed by atoms with Crippen molar-refractivity contribution in [1.29, 1.82) is 0 Å². The van der Waals surface area contributed by atoms with Crippen molar-refractivity contribution in [2.75, 3.05) is 6.16 Å². The summed E-state index contributed by atoms with van der Waals surface area (Å²) in [4.78, 5) is 35.9. The normalized spacial score (nSPS) is 14.1. The summed E-state index contributed by atoms with van der Waals surface area (Å²) < 4.78 is 22.0. The molecule has 0 aliphatic rings. The van der Waals surface area contributed by atoms with Gasteiger partial charge in [-0.05, 0) is 25.7 Å². The Morgan fingerprint density at radius 1 is 1.00 bits per heavy atom. The van der Waals surface area contributed by atoms with E-state index in [1.54, 1.807) is 13.8 Å². The van der Waals surface area contributed by atoms with Gasteiger partial charge in [0, 0.05) is 6.16 Å².